The molecule has 5 heteroatoms. The van der Waals surface area contributed by atoms with Crippen molar-refractivity contribution in [3.63, 3.8) is 0 Å². The molecule has 0 fully saturated rings. The first-order valence-electron chi connectivity index (χ1n) is 9.97. The largest absolute Gasteiger partial charge is 0.469 e. The van der Waals surface area contributed by atoms with Crippen LogP contribution in [0.2, 0.25) is 0 Å². The summed E-state index contributed by atoms with van der Waals surface area (Å²) in [5, 5.41) is 0. The molecule has 1 unspecified atom stereocenters. The molecule has 0 aromatic carbocycles. The molecule has 28 heavy (non-hydrogen) atoms. The van der Waals surface area contributed by atoms with Crippen LogP contribution >= 0.6 is 0 Å². The first kappa shape index (κ1) is 22.0. The van der Waals surface area contributed by atoms with Crippen molar-refractivity contribution in [1.29, 1.82) is 0 Å². The number of carbonyl (C=O) groups excluding carboxylic acids is 1. The minimum Gasteiger partial charge on any atom is -0.469 e. The molecule has 5 nitrogen and oxygen atoms in total. The highest BCUT2D eigenvalue weighted by molar-refractivity contribution is 5.69. The van der Waals surface area contributed by atoms with Gasteiger partial charge in [-0.25, -0.2) is 0 Å². The first-order valence-corrected chi connectivity index (χ1v) is 9.97. The number of carbonyl (C=O) groups is 1. The van der Waals surface area contributed by atoms with Crippen LogP contribution in [0.15, 0.2) is 48.8 Å². The van der Waals surface area contributed by atoms with Crippen molar-refractivity contribution in [1.82, 2.24) is 14.9 Å². The molecule has 0 aliphatic heterocycles. The minimum absolute atomic E-state index is 0.131. The maximum atomic E-state index is 11.6. The highest BCUT2D eigenvalue weighted by Crippen LogP contribution is 2.33. The molecule has 0 saturated heterocycles. The summed E-state index contributed by atoms with van der Waals surface area (Å²) >= 11 is 0. The van der Waals surface area contributed by atoms with Crippen molar-refractivity contribution in [2.45, 2.75) is 53.1 Å². The fourth-order valence-corrected chi connectivity index (χ4v) is 3.40. The molecule has 2 aromatic rings. The highest BCUT2D eigenvalue weighted by Gasteiger charge is 2.26. The van der Waals surface area contributed by atoms with Crippen molar-refractivity contribution >= 4 is 5.97 Å². The van der Waals surface area contributed by atoms with E-state index in [0.717, 1.165) is 43.9 Å². The number of nitrogens with zero attached hydrogens (tertiary/aromatic N) is 3. The fraction of sp³-hybridized carbons (Fsp3) is 0.522. The van der Waals surface area contributed by atoms with Crippen molar-refractivity contribution in [3.8, 4) is 0 Å². The normalized spacial score (nSPS) is 12.8. The van der Waals surface area contributed by atoms with Gasteiger partial charge in [0, 0.05) is 31.9 Å². The van der Waals surface area contributed by atoms with Gasteiger partial charge in [-0.15, -0.1) is 0 Å². The fourth-order valence-electron chi connectivity index (χ4n) is 3.40. The summed E-state index contributed by atoms with van der Waals surface area (Å²) in [6.07, 6.45) is 6.00. The first-order chi connectivity index (χ1) is 13.4. The third kappa shape index (κ3) is 7.77. The van der Waals surface area contributed by atoms with Gasteiger partial charge in [-0.1, -0.05) is 32.9 Å². The zero-order chi connectivity index (χ0) is 20.4. The van der Waals surface area contributed by atoms with E-state index in [-0.39, 0.29) is 11.4 Å². The summed E-state index contributed by atoms with van der Waals surface area (Å²) in [6.45, 7) is 9.23. The lowest BCUT2D eigenvalue weighted by atomic mass is 9.76. The number of methoxy groups -OCH3 is 1. The maximum Gasteiger partial charge on any atom is 0.305 e. The van der Waals surface area contributed by atoms with Crippen molar-refractivity contribution in [2.75, 3.05) is 13.7 Å². The van der Waals surface area contributed by atoms with Gasteiger partial charge in [0.25, 0.3) is 0 Å². The Kier molecular flexibility index (Phi) is 8.58. The van der Waals surface area contributed by atoms with E-state index in [4.69, 9.17) is 4.74 Å². The molecule has 0 aliphatic carbocycles. The minimum atomic E-state index is -0.131. The van der Waals surface area contributed by atoms with Crippen molar-refractivity contribution < 1.29 is 9.53 Å². The zero-order valence-electron chi connectivity index (χ0n) is 17.6. The summed E-state index contributed by atoms with van der Waals surface area (Å²) in [5.41, 5.74) is 2.25. The molecular weight excluding hydrogens is 350 g/mol. The number of hydrogen-bond donors (Lipinski definition) is 0. The van der Waals surface area contributed by atoms with Gasteiger partial charge in [0.2, 0.25) is 0 Å². The number of esters is 1. The molecule has 0 radical (unpaired) electrons. The number of ether oxygens (including phenoxy) is 1. The standard InChI is InChI=1S/C23H33N3O2/c1-23(2,3)19(11-12-22(27)28-4)13-16-26(17-20-9-5-7-14-24-20)18-21-10-6-8-15-25-21/h5-10,14-15,19H,11-13,16-18H2,1-4H3. The Bertz CT molecular complexity index is 657. The summed E-state index contributed by atoms with van der Waals surface area (Å²) in [7, 11) is 1.45. The van der Waals surface area contributed by atoms with E-state index in [1.54, 1.807) is 0 Å². The van der Waals surface area contributed by atoms with Crippen LogP contribution in [-0.4, -0.2) is 34.5 Å². The highest BCUT2D eigenvalue weighted by atomic mass is 16.5. The second-order valence-electron chi connectivity index (χ2n) is 8.32. The molecule has 152 valence electrons. The van der Waals surface area contributed by atoms with Crippen LogP contribution in [0.1, 0.15) is 51.4 Å². The molecule has 0 spiro atoms. The van der Waals surface area contributed by atoms with E-state index in [1.165, 1.54) is 7.11 Å². The second kappa shape index (κ2) is 10.9. The van der Waals surface area contributed by atoms with Gasteiger partial charge < -0.3 is 4.74 Å². The predicted molar refractivity (Wildman–Crippen MR) is 111 cm³/mol. The van der Waals surface area contributed by atoms with Crippen LogP contribution in [0.5, 0.6) is 0 Å². The van der Waals surface area contributed by atoms with Gasteiger partial charge in [0.05, 0.1) is 18.5 Å². The molecular formula is C23H33N3O2. The van der Waals surface area contributed by atoms with Gasteiger partial charge in [-0.2, -0.15) is 0 Å². The van der Waals surface area contributed by atoms with E-state index in [9.17, 15) is 4.79 Å². The Morgan fingerprint density at radius 3 is 2.00 bits per heavy atom. The number of pyridine rings is 2. The molecule has 0 aliphatic rings. The summed E-state index contributed by atoms with van der Waals surface area (Å²) in [6, 6.07) is 12.0. The quantitative estimate of drug-likeness (QED) is 0.566. The summed E-state index contributed by atoms with van der Waals surface area (Å²) < 4.78 is 4.83. The lowest BCUT2D eigenvalue weighted by molar-refractivity contribution is -0.141. The van der Waals surface area contributed by atoms with E-state index in [2.05, 4.69) is 47.8 Å². The molecule has 2 aromatic heterocycles. The Morgan fingerprint density at radius 1 is 1.00 bits per heavy atom. The molecule has 0 saturated carbocycles. The lowest BCUT2D eigenvalue weighted by Crippen LogP contribution is -2.30. The Labute approximate surface area is 169 Å². The second-order valence-corrected chi connectivity index (χ2v) is 8.32. The van der Waals surface area contributed by atoms with E-state index < -0.39 is 0 Å². The number of aromatic nitrogens is 2. The smallest absolute Gasteiger partial charge is 0.305 e. The Hall–Kier alpha value is -2.27. The van der Waals surface area contributed by atoms with E-state index >= 15 is 0 Å². The van der Waals surface area contributed by atoms with Gasteiger partial charge in [-0.3, -0.25) is 19.7 Å². The van der Waals surface area contributed by atoms with Crippen molar-refractivity contribution in [3.05, 3.63) is 60.2 Å². The van der Waals surface area contributed by atoms with Crippen LogP contribution in [0, 0.1) is 11.3 Å². The Balaban J connectivity index is 2.05. The van der Waals surface area contributed by atoms with Crippen LogP contribution < -0.4 is 0 Å². The summed E-state index contributed by atoms with van der Waals surface area (Å²) in [5.74, 6) is 0.301. The molecule has 2 rings (SSSR count). The van der Waals surface area contributed by atoms with Gasteiger partial charge in [0.15, 0.2) is 0 Å². The monoisotopic (exact) mass is 383 g/mol. The van der Waals surface area contributed by atoms with Crippen LogP contribution in [0.25, 0.3) is 0 Å². The number of rotatable bonds is 10. The maximum absolute atomic E-state index is 11.6. The third-order valence-corrected chi connectivity index (χ3v) is 5.17. The summed E-state index contributed by atoms with van der Waals surface area (Å²) in [4.78, 5) is 23.0. The van der Waals surface area contributed by atoms with Crippen LogP contribution in [0.4, 0.5) is 0 Å². The molecule has 0 N–H and O–H groups in total. The van der Waals surface area contributed by atoms with Gasteiger partial charge >= 0.3 is 5.97 Å². The Morgan fingerprint density at radius 2 is 1.57 bits per heavy atom. The molecule has 2 heterocycles. The zero-order valence-corrected chi connectivity index (χ0v) is 17.6. The SMILES string of the molecule is COC(=O)CCC(CCN(Cc1ccccn1)Cc1ccccn1)C(C)(C)C. The lowest BCUT2D eigenvalue weighted by Gasteiger charge is -2.33. The van der Waals surface area contributed by atoms with Crippen LogP contribution in [-0.2, 0) is 22.6 Å². The van der Waals surface area contributed by atoms with Gasteiger partial charge in [0.1, 0.15) is 0 Å². The number of hydrogen-bond acceptors (Lipinski definition) is 5. The van der Waals surface area contributed by atoms with Gasteiger partial charge in [-0.05, 0) is 55.0 Å². The van der Waals surface area contributed by atoms with E-state index in [0.29, 0.717) is 12.3 Å². The van der Waals surface area contributed by atoms with Crippen molar-refractivity contribution in [2.24, 2.45) is 11.3 Å². The topological polar surface area (TPSA) is 55.3 Å². The molecule has 0 amide bonds. The molecule has 0 bridgehead atoms. The molecule has 1 atom stereocenters. The third-order valence-electron chi connectivity index (χ3n) is 5.17. The van der Waals surface area contributed by atoms with E-state index in [1.807, 2.05) is 36.7 Å². The predicted octanol–water partition coefficient (Wildman–Crippen LogP) is 4.48. The van der Waals surface area contributed by atoms with Crippen LogP contribution in [0.3, 0.4) is 0 Å². The average molecular weight is 384 g/mol. The average Bonchev–Trinajstić information content (AvgIpc) is 2.68.